The zero-order valence-electron chi connectivity index (χ0n) is 6.26. The van der Waals surface area contributed by atoms with Crippen LogP contribution >= 0.6 is 0 Å². The minimum Gasteiger partial charge on any atom is -0.395 e. The quantitative estimate of drug-likeness (QED) is 0.634. The van der Waals surface area contributed by atoms with E-state index in [4.69, 9.17) is 5.11 Å². The van der Waals surface area contributed by atoms with Crippen LogP contribution in [-0.2, 0) is 5.41 Å². The van der Waals surface area contributed by atoms with Gasteiger partial charge in [0.05, 0.1) is 12.9 Å². The lowest BCUT2D eigenvalue weighted by atomic mass is 9.91. The molecule has 0 aliphatic heterocycles. The molecule has 0 bridgehead atoms. The van der Waals surface area contributed by atoms with E-state index in [1.165, 1.54) is 0 Å². The maximum Gasteiger partial charge on any atom is 0.0921 e. The summed E-state index contributed by atoms with van der Waals surface area (Å²) in [6.07, 6.45) is 3.35. The molecule has 0 saturated heterocycles. The molecular weight excluding hydrogens is 128 g/mol. The number of hydrogen-bond donors (Lipinski definition) is 2. The third-order valence-corrected chi connectivity index (χ3v) is 1.62. The number of nitrogens with zero attached hydrogens (tertiary/aromatic N) is 1. The number of aromatic nitrogens is 2. The maximum absolute atomic E-state index is 8.92. The fraction of sp³-hybridized carbons (Fsp3) is 0.571. The number of nitrogens with one attached hydrogen (secondary N) is 1. The molecule has 3 heteroatoms. The van der Waals surface area contributed by atoms with Crippen molar-refractivity contribution in [3.63, 3.8) is 0 Å². The second-order valence-corrected chi connectivity index (χ2v) is 3.01. The van der Waals surface area contributed by atoms with Crippen LogP contribution in [0.1, 0.15) is 19.5 Å². The van der Waals surface area contributed by atoms with Crippen molar-refractivity contribution in [1.82, 2.24) is 9.97 Å². The molecule has 1 aromatic rings. The summed E-state index contributed by atoms with van der Waals surface area (Å²) < 4.78 is 0. The highest BCUT2D eigenvalue weighted by molar-refractivity contribution is 5.09. The molecule has 0 spiro atoms. The van der Waals surface area contributed by atoms with Gasteiger partial charge in [-0.05, 0) is 0 Å². The SMILES string of the molecule is CC(C)(CO)c1cnc[nH]1. The van der Waals surface area contributed by atoms with E-state index in [-0.39, 0.29) is 12.0 Å². The molecule has 56 valence electrons. The van der Waals surface area contributed by atoms with E-state index in [2.05, 4.69) is 9.97 Å². The first-order valence-electron chi connectivity index (χ1n) is 3.26. The van der Waals surface area contributed by atoms with Gasteiger partial charge < -0.3 is 10.1 Å². The number of imidazole rings is 1. The Kier molecular flexibility index (Phi) is 1.76. The molecule has 3 nitrogen and oxygen atoms in total. The van der Waals surface area contributed by atoms with E-state index >= 15 is 0 Å². The Morgan fingerprint density at radius 2 is 2.40 bits per heavy atom. The summed E-state index contributed by atoms with van der Waals surface area (Å²) in [5.41, 5.74) is 0.770. The van der Waals surface area contributed by atoms with Gasteiger partial charge in [0.15, 0.2) is 0 Å². The molecule has 10 heavy (non-hydrogen) atoms. The lowest BCUT2D eigenvalue weighted by molar-refractivity contribution is 0.215. The molecule has 0 atom stereocenters. The molecule has 0 aliphatic carbocycles. The van der Waals surface area contributed by atoms with E-state index in [1.54, 1.807) is 12.5 Å². The van der Waals surface area contributed by atoms with Crippen LogP contribution in [0, 0.1) is 0 Å². The fourth-order valence-corrected chi connectivity index (χ4v) is 0.711. The standard InChI is InChI=1S/C7H12N2O/c1-7(2,4-10)6-3-8-5-9-6/h3,5,10H,4H2,1-2H3,(H,8,9). The second kappa shape index (κ2) is 2.42. The van der Waals surface area contributed by atoms with Crippen molar-refractivity contribution in [3.05, 3.63) is 18.2 Å². The normalized spacial score (nSPS) is 11.9. The van der Waals surface area contributed by atoms with Crippen LogP contribution in [0.25, 0.3) is 0 Å². The van der Waals surface area contributed by atoms with Gasteiger partial charge in [0.1, 0.15) is 0 Å². The number of aliphatic hydroxyl groups is 1. The Balaban J connectivity index is 2.85. The molecule has 0 aromatic carbocycles. The van der Waals surface area contributed by atoms with Gasteiger partial charge in [-0.1, -0.05) is 13.8 Å². The van der Waals surface area contributed by atoms with Crippen molar-refractivity contribution in [2.75, 3.05) is 6.61 Å². The van der Waals surface area contributed by atoms with Crippen molar-refractivity contribution in [3.8, 4) is 0 Å². The van der Waals surface area contributed by atoms with Gasteiger partial charge in [0, 0.05) is 17.3 Å². The molecule has 0 aliphatic rings. The highest BCUT2D eigenvalue weighted by atomic mass is 16.3. The minimum absolute atomic E-state index is 0.134. The highest BCUT2D eigenvalue weighted by Crippen LogP contribution is 2.18. The van der Waals surface area contributed by atoms with Crippen LogP contribution < -0.4 is 0 Å². The van der Waals surface area contributed by atoms with Crippen molar-refractivity contribution >= 4 is 0 Å². The smallest absolute Gasteiger partial charge is 0.0921 e. The van der Waals surface area contributed by atoms with E-state index in [0.29, 0.717) is 0 Å². The molecule has 0 radical (unpaired) electrons. The summed E-state index contributed by atoms with van der Waals surface area (Å²) in [5.74, 6) is 0. The van der Waals surface area contributed by atoms with Gasteiger partial charge >= 0.3 is 0 Å². The molecular formula is C7H12N2O. The molecule has 0 saturated carbocycles. The first kappa shape index (κ1) is 7.28. The molecule has 0 unspecified atom stereocenters. The minimum atomic E-state index is -0.198. The van der Waals surface area contributed by atoms with E-state index in [1.807, 2.05) is 13.8 Å². The van der Waals surface area contributed by atoms with Crippen LogP contribution in [0.4, 0.5) is 0 Å². The molecule has 1 heterocycles. The predicted molar refractivity (Wildman–Crippen MR) is 38.7 cm³/mol. The van der Waals surface area contributed by atoms with Gasteiger partial charge in [-0.3, -0.25) is 0 Å². The summed E-state index contributed by atoms with van der Waals surface area (Å²) >= 11 is 0. The summed E-state index contributed by atoms with van der Waals surface area (Å²) in [6.45, 7) is 4.05. The fourth-order valence-electron chi connectivity index (χ4n) is 0.711. The Bertz CT molecular complexity index is 191. The third kappa shape index (κ3) is 1.19. The largest absolute Gasteiger partial charge is 0.395 e. The van der Waals surface area contributed by atoms with Gasteiger partial charge in [0.2, 0.25) is 0 Å². The Morgan fingerprint density at radius 1 is 1.70 bits per heavy atom. The molecule has 1 aromatic heterocycles. The average molecular weight is 140 g/mol. The number of aromatic amines is 1. The van der Waals surface area contributed by atoms with Gasteiger partial charge in [-0.2, -0.15) is 0 Å². The van der Waals surface area contributed by atoms with Gasteiger partial charge in [-0.25, -0.2) is 4.98 Å². The van der Waals surface area contributed by atoms with Gasteiger partial charge in [0.25, 0.3) is 0 Å². The summed E-state index contributed by atoms with van der Waals surface area (Å²) in [4.78, 5) is 6.83. The van der Waals surface area contributed by atoms with Crippen molar-refractivity contribution in [2.24, 2.45) is 0 Å². The van der Waals surface area contributed by atoms with Crippen LogP contribution in [0.2, 0.25) is 0 Å². The zero-order valence-corrected chi connectivity index (χ0v) is 6.26. The number of rotatable bonds is 2. The summed E-state index contributed by atoms with van der Waals surface area (Å²) in [5, 5.41) is 8.92. The lowest BCUT2D eigenvalue weighted by Crippen LogP contribution is -2.22. The van der Waals surface area contributed by atoms with Gasteiger partial charge in [-0.15, -0.1) is 0 Å². The van der Waals surface area contributed by atoms with Crippen LogP contribution in [0.5, 0.6) is 0 Å². The first-order chi connectivity index (χ1) is 4.67. The van der Waals surface area contributed by atoms with E-state index in [9.17, 15) is 0 Å². The molecule has 1 rings (SSSR count). The molecule has 2 N–H and O–H groups in total. The number of hydrogen-bond acceptors (Lipinski definition) is 2. The van der Waals surface area contributed by atoms with Crippen LogP contribution in [-0.4, -0.2) is 21.7 Å². The molecule has 0 amide bonds. The van der Waals surface area contributed by atoms with Crippen LogP contribution in [0.3, 0.4) is 0 Å². The Labute approximate surface area is 60.1 Å². The monoisotopic (exact) mass is 140 g/mol. The highest BCUT2D eigenvalue weighted by Gasteiger charge is 2.19. The van der Waals surface area contributed by atoms with E-state index in [0.717, 1.165) is 5.69 Å². The summed E-state index contributed by atoms with van der Waals surface area (Å²) in [6, 6.07) is 0. The Morgan fingerprint density at radius 3 is 2.80 bits per heavy atom. The second-order valence-electron chi connectivity index (χ2n) is 3.01. The first-order valence-corrected chi connectivity index (χ1v) is 3.26. The Hall–Kier alpha value is -0.830. The maximum atomic E-state index is 8.92. The zero-order chi connectivity index (χ0) is 7.61. The third-order valence-electron chi connectivity index (χ3n) is 1.62. The average Bonchev–Trinajstić information content (AvgIpc) is 2.38. The number of H-pyrrole nitrogens is 1. The topological polar surface area (TPSA) is 48.9 Å². The summed E-state index contributed by atoms with van der Waals surface area (Å²) in [7, 11) is 0. The number of aliphatic hydroxyl groups excluding tert-OH is 1. The van der Waals surface area contributed by atoms with E-state index < -0.39 is 0 Å². The van der Waals surface area contributed by atoms with Crippen LogP contribution in [0.15, 0.2) is 12.5 Å². The van der Waals surface area contributed by atoms with Crippen molar-refractivity contribution < 1.29 is 5.11 Å². The lowest BCUT2D eigenvalue weighted by Gasteiger charge is -2.18. The van der Waals surface area contributed by atoms with Crippen molar-refractivity contribution in [2.45, 2.75) is 19.3 Å². The van der Waals surface area contributed by atoms with Crippen molar-refractivity contribution in [1.29, 1.82) is 0 Å². The molecule has 0 fully saturated rings. The predicted octanol–water partition coefficient (Wildman–Crippen LogP) is 0.680.